The summed E-state index contributed by atoms with van der Waals surface area (Å²) >= 11 is 0. The molecule has 0 spiro atoms. The van der Waals surface area contributed by atoms with Gasteiger partial charge in [0.15, 0.2) is 23.4 Å². The molecule has 0 aromatic heterocycles. The van der Waals surface area contributed by atoms with E-state index in [1.165, 1.54) is 0 Å². The van der Waals surface area contributed by atoms with Crippen LogP contribution in [0.1, 0.15) is 11.1 Å². The normalized spacial score (nSPS) is 17.2. The zero-order valence-corrected chi connectivity index (χ0v) is 17.3. The highest BCUT2D eigenvalue weighted by atomic mass is 16.6. The molecule has 2 aromatic carbocycles. The third-order valence-electron chi connectivity index (χ3n) is 5.08. The van der Waals surface area contributed by atoms with Crippen LogP contribution < -0.4 is 14.2 Å². The zero-order valence-electron chi connectivity index (χ0n) is 17.3. The lowest BCUT2D eigenvalue weighted by Gasteiger charge is -2.25. The third kappa shape index (κ3) is 4.71. The van der Waals surface area contributed by atoms with Gasteiger partial charge in [0.2, 0.25) is 0 Å². The van der Waals surface area contributed by atoms with Crippen molar-refractivity contribution in [1.29, 1.82) is 0 Å². The number of Topliss-reactive ketones (excluding diaryl/α,β-unsaturated/α-hetero) is 1. The molecule has 2 aliphatic rings. The number of fused-ring (bicyclic) bond motifs is 1. The molecular weight excluding hydrogens is 380 g/mol. The highest BCUT2D eigenvalue weighted by Gasteiger charge is 2.28. The van der Waals surface area contributed by atoms with Crippen molar-refractivity contribution >= 4 is 17.6 Å². The van der Waals surface area contributed by atoms with Crippen LogP contribution >= 0.6 is 0 Å². The van der Waals surface area contributed by atoms with Crippen molar-refractivity contribution in [3.8, 4) is 17.2 Å². The third-order valence-corrected chi connectivity index (χ3v) is 5.08. The monoisotopic (exact) mass is 406 g/mol. The van der Waals surface area contributed by atoms with E-state index in [9.17, 15) is 4.79 Å². The largest absolute Gasteiger partial charge is 0.492 e. The predicted molar refractivity (Wildman–Crippen MR) is 117 cm³/mol. The van der Waals surface area contributed by atoms with Crippen LogP contribution in [-0.4, -0.2) is 63.4 Å². The maximum Gasteiger partial charge on any atom is 0.191 e. The second-order valence-corrected chi connectivity index (χ2v) is 7.64. The molecule has 2 aliphatic heterocycles. The van der Waals surface area contributed by atoms with Gasteiger partial charge in [0.25, 0.3) is 0 Å². The molecule has 2 heterocycles. The molecule has 0 radical (unpaired) electrons. The van der Waals surface area contributed by atoms with E-state index in [4.69, 9.17) is 14.2 Å². The second kappa shape index (κ2) is 9.13. The molecule has 0 saturated carbocycles. The average Bonchev–Trinajstić information content (AvgIpc) is 3.29. The lowest BCUT2D eigenvalue weighted by Crippen LogP contribution is -2.37. The van der Waals surface area contributed by atoms with Gasteiger partial charge in [-0.25, -0.2) is 0 Å². The van der Waals surface area contributed by atoms with Gasteiger partial charge >= 0.3 is 0 Å². The Morgan fingerprint density at radius 1 is 1.20 bits per heavy atom. The fourth-order valence-corrected chi connectivity index (χ4v) is 3.38. The van der Waals surface area contributed by atoms with Gasteiger partial charge in [-0.3, -0.25) is 9.79 Å². The second-order valence-electron chi connectivity index (χ2n) is 7.64. The number of nitrogens with zero attached hydrogens (tertiary/aromatic N) is 2. The number of likely N-dealkylation sites (N-methyl/N-ethyl adjacent to an activating group) is 1. The molecule has 0 amide bonds. The molecule has 156 valence electrons. The minimum atomic E-state index is -0.626. The van der Waals surface area contributed by atoms with Crippen LogP contribution in [0.3, 0.4) is 0 Å². The summed E-state index contributed by atoms with van der Waals surface area (Å²) in [4.78, 5) is 19.3. The first-order chi connectivity index (χ1) is 14.6. The maximum atomic E-state index is 13.0. The van der Waals surface area contributed by atoms with Crippen LogP contribution in [0, 0.1) is 0 Å². The molecule has 6 nitrogen and oxygen atoms in total. The maximum absolute atomic E-state index is 13.0. The van der Waals surface area contributed by atoms with E-state index in [2.05, 4.69) is 16.0 Å². The summed E-state index contributed by atoms with van der Waals surface area (Å²) < 4.78 is 17.6. The molecule has 4 rings (SSSR count). The number of ketones is 1. The van der Waals surface area contributed by atoms with Gasteiger partial charge in [-0.05, 0) is 43.4 Å². The lowest BCUT2D eigenvalue weighted by molar-refractivity contribution is -0.127. The Labute approximate surface area is 176 Å². The zero-order chi connectivity index (χ0) is 20.9. The van der Waals surface area contributed by atoms with E-state index < -0.39 is 6.10 Å². The number of hydrogen-bond acceptors (Lipinski definition) is 6. The van der Waals surface area contributed by atoms with E-state index in [-0.39, 0.29) is 18.8 Å². The van der Waals surface area contributed by atoms with Crippen molar-refractivity contribution in [3.05, 3.63) is 59.7 Å². The van der Waals surface area contributed by atoms with Crippen molar-refractivity contribution < 1.29 is 19.0 Å². The average molecular weight is 406 g/mol. The Kier molecular flexibility index (Phi) is 6.14. The van der Waals surface area contributed by atoms with Crippen molar-refractivity contribution in [1.82, 2.24) is 4.90 Å². The first-order valence-corrected chi connectivity index (χ1v) is 10.1. The van der Waals surface area contributed by atoms with Crippen LogP contribution in [0.15, 0.2) is 53.5 Å². The molecule has 0 bridgehead atoms. The Balaban J connectivity index is 1.50. The Hall–Kier alpha value is -3.12. The van der Waals surface area contributed by atoms with E-state index >= 15 is 0 Å². The van der Waals surface area contributed by atoms with Gasteiger partial charge in [-0.1, -0.05) is 30.3 Å². The summed E-state index contributed by atoms with van der Waals surface area (Å²) in [6.07, 6.45) is 3.54. The summed E-state index contributed by atoms with van der Waals surface area (Å²) in [5.41, 5.74) is 2.96. The van der Waals surface area contributed by atoms with Crippen LogP contribution in [-0.2, 0) is 11.2 Å². The molecule has 6 heteroatoms. The number of carbonyl (C=O) groups is 1. The minimum Gasteiger partial charge on any atom is -0.492 e. The summed E-state index contributed by atoms with van der Waals surface area (Å²) in [6.45, 7) is 2.25. The Bertz CT molecular complexity index is 981. The number of rotatable bonds is 8. The van der Waals surface area contributed by atoms with Gasteiger partial charge in [0.1, 0.15) is 19.0 Å². The van der Waals surface area contributed by atoms with Gasteiger partial charge in [0.05, 0.1) is 6.54 Å². The summed E-state index contributed by atoms with van der Waals surface area (Å²) in [7, 11) is 4.00. The van der Waals surface area contributed by atoms with Gasteiger partial charge < -0.3 is 19.1 Å². The van der Waals surface area contributed by atoms with Crippen LogP contribution in [0.25, 0.3) is 5.57 Å². The molecule has 0 aliphatic carbocycles. The van der Waals surface area contributed by atoms with Crippen molar-refractivity contribution in [2.24, 2.45) is 4.99 Å². The highest BCUT2D eigenvalue weighted by Crippen LogP contribution is 2.32. The van der Waals surface area contributed by atoms with Crippen LogP contribution in [0.4, 0.5) is 0 Å². The van der Waals surface area contributed by atoms with E-state index in [1.54, 1.807) is 0 Å². The Morgan fingerprint density at radius 2 is 2.03 bits per heavy atom. The topological polar surface area (TPSA) is 60.4 Å². The molecule has 0 N–H and O–H groups in total. The molecule has 0 saturated heterocycles. The quantitative estimate of drug-likeness (QED) is 0.674. The van der Waals surface area contributed by atoms with Crippen LogP contribution in [0.2, 0.25) is 0 Å². The number of carbonyl (C=O) groups excluding carboxylic acids is 1. The molecule has 0 fully saturated rings. The number of allylic oxidation sites excluding steroid dienone is 1. The fourth-order valence-electron chi connectivity index (χ4n) is 3.38. The predicted octanol–water partition coefficient (Wildman–Crippen LogP) is 3.05. The Morgan fingerprint density at radius 3 is 2.80 bits per heavy atom. The van der Waals surface area contributed by atoms with E-state index in [0.29, 0.717) is 24.7 Å². The number of ether oxygens (including phenoxy) is 3. The fraction of sp³-hybridized carbons (Fsp3) is 0.333. The smallest absolute Gasteiger partial charge is 0.191 e. The van der Waals surface area contributed by atoms with Gasteiger partial charge in [0, 0.05) is 24.7 Å². The molecule has 0 unspecified atom stereocenters. The van der Waals surface area contributed by atoms with E-state index in [0.717, 1.165) is 29.0 Å². The SMILES string of the molecule is CN(C)CCOc1cc(C2=CCN=C2)ccc1CC(=O)[C@@H]1COc2ccccc2O1. The first-order valence-electron chi connectivity index (χ1n) is 10.1. The van der Waals surface area contributed by atoms with Crippen molar-refractivity contribution in [3.63, 3.8) is 0 Å². The number of para-hydroxylation sites is 2. The lowest BCUT2D eigenvalue weighted by atomic mass is 9.99. The van der Waals surface area contributed by atoms with Crippen LogP contribution in [0.5, 0.6) is 17.2 Å². The molecule has 1 atom stereocenters. The van der Waals surface area contributed by atoms with Crippen molar-refractivity contribution in [2.45, 2.75) is 12.5 Å². The molecule has 30 heavy (non-hydrogen) atoms. The molecular formula is C24H26N2O4. The molecule has 2 aromatic rings. The van der Waals surface area contributed by atoms with Gasteiger partial charge in [-0.15, -0.1) is 0 Å². The van der Waals surface area contributed by atoms with Gasteiger partial charge in [-0.2, -0.15) is 0 Å². The first kappa shape index (κ1) is 20.2. The minimum absolute atomic E-state index is 0.0312. The summed E-state index contributed by atoms with van der Waals surface area (Å²) in [5, 5.41) is 0. The number of aliphatic imine (C=N–C) groups is 1. The number of benzene rings is 2. The summed E-state index contributed by atoms with van der Waals surface area (Å²) in [6, 6.07) is 13.4. The summed E-state index contributed by atoms with van der Waals surface area (Å²) in [5.74, 6) is 1.97. The van der Waals surface area contributed by atoms with Crippen molar-refractivity contribution in [2.75, 3.05) is 40.4 Å². The van der Waals surface area contributed by atoms with E-state index in [1.807, 2.05) is 62.8 Å². The number of hydrogen-bond donors (Lipinski definition) is 0. The highest BCUT2D eigenvalue weighted by molar-refractivity contribution is 6.11. The standard InChI is InChI=1S/C24H26N2O4/c1-26(2)11-12-28-23-14-17(19-9-10-25-15-19)7-8-18(23)13-20(27)24-16-29-21-5-3-4-6-22(21)30-24/h3-9,14-15,24H,10-13,16H2,1-2H3/t24-/m0/s1.